The number of anilines is 1. The Morgan fingerprint density at radius 2 is 1.70 bits per heavy atom. The lowest BCUT2D eigenvalue weighted by molar-refractivity contribution is -0.121. The Morgan fingerprint density at radius 3 is 2.17 bits per heavy atom. The molecule has 0 fully saturated rings. The summed E-state index contributed by atoms with van der Waals surface area (Å²) < 4.78 is 15.9. The van der Waals surface area contributed by atoms with Gasteiger partial charge < -0.3 is 24.8 Å². The minimum Gasteiger partial charge on any atom is -0.493 e. The highest BCUT2D eigenvalue weighted by atomic mass is 16.5. The Kier molecular flexibility index (Phi) is 8.08. The van der Waals surface area contributed by atoms with Crippen LogP contribution in [-0.2, 0) is 4.79 Å². The smallest absolute Gasteiger partial charge is 0.242 e. The summed E-state index contributed by atoms with van der Waals surface area (Å²) in [7, 11) is 4.68. The molecule has 0 aliphatic carbocycles. The zero-order chi connectivity index (χ0) is 17.2. The molecule has 0 heterocycles. The van der Waals surface area contributed by atoms with Gasteiger partial charge in [-0.05, 0) is 13.3 Å². The molecule has 6 nitrogen and oxygen atoms in total. The van der Waals surface area contributed by atoms with E-state index in [2.05, 4.69) is 17.6 Å². The van der Waals surface area contributed by atoms with Crippen molar-refractivity contribution in [2.75, 3.05) is 33.2 Å². The summed E-state index contributed by atoms with van der Waals surface area (Å²) in [5.74, 6) is 1.59. The van der Waals surface area contributed by atoms with Gasteiger partial charge in [0.1, 0.15) is 6.04 Å². The Balaban J connectivity index is 2.73. The van der Waals surface area contributed by atoms with Crippen LogP contribution in [0.15, 0.2) is 12.1 Å². The van der Waals surface area contributed by atoms with Gasteiger partial charge in [-0.3, -0.25) is 4.79 Å². The molecule has 0 radical (unpaired) electrons. The van der Waals surface area contributed by atoms with Gasteiger partial charge in [0.15, 0.2) is 11.5 Å². The third-order valence-corrected chi connectivity index (χ3v) is 3.52. The quantitative estimate of drug-likeness (QED) is 0.648. The lowest BCUT2D eigenvalue weighted by Crippen LogP contribution is -2.38. The topological polar surface area (TPSA) is 68.8 Å². The zero-order valence-electron chi connectivity index (χ0n) is 14.7. The standard InChI is InChI=1S/C17H28N2O4/c1-6-7-8-9-18-17(20)12(2)19-13-10-14(21-3)16(23-5)15(11-13)22-4/h10-12,19H,6-9H2,1-5H3,(H,18,20). The van der Waals surface area contributed by atoms with Crippen LogP contribution in [-0.4, -0.2) is 39.8 Å². The lowest BCUT2D eigenvalue weighted by Gasteiger charge is -2.18. The molecule has 0 aliphatic heterocycles. The van der Waals surface area contributed by atoms with Crippen LogP contribution in [0.4, 0.5) is 5.69 Å². The maximum atomic E-state index is 12.1. The first-order valence-corrected chi connectivity index (χ1v) is 7.91. The molecule has 0 aromatic heterocycles. The molecule has 6 heteroatoms. The lowest BCUT2D eigenvalue weighted by atomic mass is 10.2. The summed E-state index contributed by atoms with van der Waals surface area (Å²) in [6.45, 7) is 4.66. The number of carbonyl (C=O) groups excluding carboxylic acids is 1. The minimum absolute atomic E-state index is 0.0325. The summed E-state index contributed by atoms with van der Waals surface area (Å²) in [5.41, 5.74) is 0.732. The van der Waals surface area contributed by atoms with Crippen LogP contribution in [0.1, 0.15) is 33.1 Å². The van der Waals surface area contributed by atoms with Gasteiger partial charge in [0.2, 0.25) is 11.7 Å². The Bertz CT molecular complexity index is 480. The fourth-order valence-corrected chi connectivity index (χ4v) is 2.22. The second-order valence-corrected chi connectivity index (χ2v) is 5.28. The molecule has 1 aromatic carbocycles. The van der Waals surface area contributed by atoms with Crippen molar-refractivity contribution in [3.63, 3.8) is 0 Å². The van der Waals surface area contributed by atoms with E-state index < -0.39 is 0 Å². The number of nitrogens with one attached hydrogen (secondary N) is 2. The number of amides is 1. The number of rotatable bonds is 10. The van der Waals surface area contributed by atoms with Crippen molar-refractivity contribution in [2.24, 2.45) is 0 Å². The monoisotopic (exact) mass is 324 g/mol. The molecule has 1 amide bonds. The maximum absolute atomic E-state index is 12.1. The van der Waals surface area contributed by atoms with E-state index in [1.54, 1.807) is 33.5 Å². The van der Waals surface area contributed by atoms with Crippen molar-refractivity contribution in [3.8, 4) is 17.2 Å². The predicted molar refractivity (Wildman–Crippen MR) is 91.7 cm³/mol. The van der Waals surface area contributed by atoms with Crippen molar-refractivity contribution in [1.29, 1.82) is 0 Å². The van der Waals surface area contributed by atoms with Crippen molar-refractivity contribution in [2.45, 2.75) is 39.2 Å². The molecule has 1 atom stereocenters. The molecule has 1 aromatic rings. The summed E-state index contributed by atoms with van der Waals surface area (Å²) in [6, 6.07) is 3.20. The second-order valence-electron chi connectivity index (χ2n) is 5.28. The number of methoxy groups -OCH3 is 3. The number of hydrogen-bond donors (Lipinski definition) is 2. The number of benzene rings is 1. The van der Waals surface area contributed by atoms with Gasteiger partial charge in [0, 0.05) is 24.4 Å². The first-order chi connectivity index (χ1) is 11.1. The van der Waals surface area contributed by atoms with Gasteiger partial charge in [0.25, 0.3) is 0 Å². The van der Waals surface area contributed by atoms with E-state index in [1.165, 1.54) is 0 Å². The van der Waals surface area contributed by atoms with Crippen LogP contribution in [0.3, 0.4) is 0 Å². The Labute approximate surface area is 138 Å². The molecule has 0 bridgehead atoms. The summed E-state index contributed by atoms with van der Waals surface area (Å²) >= 11 is 0. The van der Waals surface area contributed by atoms with Crippen LogP contribution >= 0.6 is 0 Å². The number of ether oxygens (including phenoxy) is 3. The predicted octanol–water partition coefficient (Wildman–Crippen LogP) is 2.82. The van der Waals surface area contributed by atoms with Gasteiger partial charge in [-0.2, -0.15) is 0 Å². The second kappa shape index (κ2) is 9.82. The molecule has 130 valence electrons. The Hall–Kier alpha value is -2.11. The van der Waals surface area contributed by atoms with Crippen LogP contribution < -0.4 is 24.8 Å². The van der Waals surface area contributed by atoms with Crippen LogP contribution in [0.5, 0.6) is 17.2 Å². The molecular weight excluding hydrogens is 296 g/mol. The fraction of sp³-hybridized carbons (Fsp3) is 0.588. The maximum Gasteiger partial charge on any atom is 0.242 e. The van der Waals surface area contributed by atoms with E-state index in [9.17, 15) is 4.79 Å². The highest BCUT2D eigenvalue weighted by Gasteiger charge is 2.16. The Morgan fingerprint density at radius 1 is 1.09 bits per heavy atom. The first-order valence-electron chi connectivity index (χ1n) is 7.91. The molecule has 2 N–H and O–H groups in total. The van der Waals surface area contributed by atoms with E-state index >= 15 is 0 Å². The fourth-order valence-electron chi connectivity index (χ4n) is 2.22. The van der Waals surface area contributed by atoms with E-state index in [0.717, 1.165) is 24.9 Å². The highest BCUT2D eigenvalue weighted by molar-refractivity contribution is 5.84. The average Bonchev–Trinajstić information content (AvgIpc) is 2.57. The van der Waals surface area contributed by atoms with E-state index in [4.69, 9.17) is 14.2 Å². The van der Waals surface area contributed by atoms with Crippen LogP contribution in [0, 0.1) is 0 Å². The highest BCUT2D eigenvalue weighted by Crippen LogP contribution is 2.40. The van der Waals surface area contributed by atoms with Gasteiger partial charge in [-0.15, -0.1) is 0 Å². The normalized spacial score (nSPS) is 11.5. The third-order valence-electron chi connectivity index (χ3n) is 3.52. The largest absolute Gasteiger partial charge is 0.493 e. The van der Waals surface area contributed by atoms with E-state index in [0.29, 0.717) is 23.8 Å². The molecule has 23 heavy (non-hydrogen) atoms. The summed E-state index contributed by atoms with van der Waals surface area (Å²) in [6.07, 6.45) is 3.25. The molecular formula is C17H28N2O4. The zero-order valence-corrected chi connectivity index (χ0v) is 14.7. The number of carbonyl (C=O) groups is 1. The third kappa shape index (κ3) is 5.54. The van der Waals surface area contributed by atoms with E-state index in [1.807, 2.05) is 6.92 Å². The van der Waals surface area contributed by atoms with Gasteiger partial charge in [0.05, 0.1) is 21.3 Å². The molecule has 0 spiro atoms. The van der Waals surface area contributed by atoms with E-state index in [-0.39, 0.29) is 11.9 Å². The number of hydrogen-bond acceptors (Lipinski definition) is 5. The summed E-state index contributed by atoms with van der Waals surface area (Å²) in [4.78, 5) is 12.1. The van der Waals surface area contributed by atoms with Crippen molar-refractivity contribution in [3.05, 3.63) is 12.1 Å². The molecule has 1 unspecified atom stereocenters. The van der Waals surface area contributed by atoms with Gasteiger partial charge in [-0.1, -0.05) is 19.8 Å². The number of unbranched alkanes of at least 4 members (excludes halogenated alkanes) is 2. The molecule has 0 aliphatic rings. The first kappa shape index (κ1) is 18.9. The average molecular weight is 324 g/mol. The van der Waals surface area contributed by atoms with Crippen molar-refractivity contribution >= 4 is 11.6 Å². The van der Waals surface area contributed by atoms with Crippen LogP contribution in [0.2, 0.25) is 0 Å². The van der Waals surface area contributed by atoms with Gasteiger partial charge >= 0.3 is 0 Å². The van der Waals surface area contributed by atoms with Crippen LogP contribution in [0.25, 0.3) is 0 Å². The minimum atomic E-state index is -0.362. The van der Waals surface area contributed by atoms with Crippen molar-refractivity contribution in [1.82, 2.24) is 5.32 Å². The molecule has 0 saturated heterocycles. The SMILES string of the molecule is CCCCCNC(=O)C(C)Nc1cc(OC)c(OC)c(OC)c1. The molecule has 0 saturated carbocycles. The van der Waals surface area contributed by atoms with Gasteiger partial charge in [-0.25, -0.2) is 0 Å². The molecule has 1 rings (SSSR count). The summed E-state index contributed by atoms with van der Waals surface area (Å²) in [5, 5.41) is 6.08. The van der Waals surface area contributed by atoms with Crippen molar-refractivity contribution < 1.29 is 19.0 Å².